The first-order chi connectivity index (χ1) is 7.81. The summed E-state index contributed by atoms with van der Waals surface area (Å²) in [6, 6.07) is 0.895. The van der Waals surface area contributed by atoms with Crippen LogP contribution in [0.2, 0.25) is 0 Å². The van der Waals surface area contributed by atoms with Crippen LogP contribution in [0.5, 0.6) is 0 Å². The molecule has 2 amide bonds. The van der Waals surface area contributed by atoms with Crippen molar-refractivity contribution >= 4 is 6.03 Å². The Bertz CT molecular complexity index is 269. The lowest BCUT2D eigenvalue weighted by atomic mass is 9.84. The van der Waals surface area contributed by atoms with E-state index in [1.807, 2.05) is 0 Å². The zero-order chi connectivity index (χ0) is 11.0. The number of urea groups is 1. The van der Waals surface area contributed by atoms with Crippen LogP contribution in [-0.2, 0) is 0 Å². The van der Waals surface area contributed by atoms with Gasteiger partial charge >= 0.3 is 6.03 Å². The summed E-state index contributed by atoms with van der Waals surface area (Å²) in [6.45, 7) is 3.52. The molecule has 4 heteroatoms. The van der Waals surface area contributed by atoms with Crippen molar-refractivity contribution in [3.8, 4) is 0 Å². The summed E-state index contributed by atoms with van der Waals surface area (Å²) < 4.78 is 0. The molecule has 90 valence electrons. The van der Waals surface area contributed by atoms with E-state index in [-0.39, 0.29) is 6.03 Å². The van der Waals surface area contributed by atoms with Gasteiger partial charge in [0.05, 0.1) is 0 Å². The summed E-state index contributed by atoms with van der Waals surface area (Å²) in [5, 5.41) is 6.21. The molecule has 1 aliphatic carbocycles. The van der Waals surface area contributed by atoms with E-state index in [0.717, 1.165) is 25.3 Å². The highest BCUT2D eigenvalue weighted by molar-refractivity contribution is 5.74. The molecule has 2 N–H and O–H groups in total. The number of rotatable bonds is 2. The molecule has 16 heavy (non-hydrogen) atoms. The lowest BCUT2D eigenvalue weighted by Crippen LogP contribution is -2.59. The maximum atomic E-state index is 11.8. The SMILES string of the molecule is O=C(NC1CCC1)NC1CN2CCC1CC2. The summed E-state index contributed by atoms with van der Waals surface area (Å²) >= 11 is 0. The average molecular weight is 223 g/mol. The molecule has 2 bridgehead atoms. The second kappa shape index (κ2) is 4.24. The summed E-state index contributed by atoms with van der Waals surface area (Å²) in [4.78, 5) is 14.2. The van der Waals surface area contributed by atoms with E-state index >= 15 is 0 Å². The Kier molecular flexibility index (Phi) is 2.75. The van der Waals surface area contributed by atoms with Crippen LogP contribution in [0.1, 0.15) is 32.1 Å². The van der Waals surface area contributed by atoms with Crippen molar-refractivity contribution in [3.05, 3.63) is 0 Å². The van der Waals surface area contributed by atoms with Crippen LogP contribution in [0.3, 0.4) is 0 Å². The number of carbonyl (C=O) groups is 1. The third kappa shape index (κ3) is 2.03. The predicted octanol–water partition coefficient (Wildman–Crippen LogP) is 0.932. The Hall–Kier alpha value is -0.770. The molecule has 3 saturated heterocycles. The molecule has 0 radical (unpaired) electrons. The van der Waals surface area contributed by atoms with Crippen LogP contribution in [0.4, 0.5) is 4.79 Å². The second-order valence-electron chi connectivity index (χ2n) is 5.49. The van der Waals surface area contributed by atoms with Gasteiger partial charge in [0.1, 0.15) is 0 Å². The third-order valence-corrected chi connectivity index (χ3v) is 4.41. The highest BCUT2D eigenvalue weighted by Gasteiger charge is 2.35. The van der Waals surface area contributed by atoms with E-state index in [4.69, 9.17) is 0 Å². The fourth-order valence-electron chi connectivity index (χ4n) is 3.08. The fraction of sp³-hybridized carbons (Fsp3) is 0.917. The molecule has 4 rings (SSSR count). The van der Waals surface area contributed by atoms with E-state index in [2.05, 4.69) is 15.5 Å². The molecular weight excluding hydrogens is 202 g/mol. The molecule has 3 heterocycles. The van der Waals surface area contributed by atoms with E-state index < -0.39 is 0 Å². The average Bonchev–Trinajstić information content (AvgIpc) is 2.25. The first-order valence-electron chi connectivity index (χ1n) is 6.60. The number of hydrogen-bond donors (Lipinski definition) is 2. The van der Waals surface area contributed by atoms with Gasteiger partial charge in [0.2, 0.25) is 0 Å². The predicted molar refractivity (Wildman–Crippen MR) is 62.3 cm³/mol. The molecule has 4 fully saturated rings. The number of carbonyl (C=O) groups excluding carboxylic acids is 1. The molecule has 1 unspecified atom stereocenters. The van der Waals surface area contributed by atoms with Gasteiger partial charge in [-0.2, -0.15) is 0 Å². The Morgan fingerprint density at radius 3 is 2.31 bits per heavy atom. The number of hydrogen-bond acceptors (Lipinski definition) is 2. The molecule has 3 aliphatic heterocycles. The molecular formula is C12H21N3O. The lowest BCUT2D eigenvalue weighted by Gasteiger charge is -2.45. The largest absolute Gasteiger partial charge is 0.335 e. The van der Waals surface area contributed by atoms with E-state index in [0.29, 0.717) is 12.1 Å². The van der Waals surface area contributed by atoms with Crippen molar-refractivity contribution in [1.29, 1.82) is 0 Å². The highest BCUT2D eigenvalue weighted by atomic mass is 16.2. The summed E-state index contributed by atoms with van der Waals surface area (Å²) in [7, 11) is 0. The Balaban J connectivity index is 1.48. The quantitative estimate of drug-likeness (QED) is 0.731. The zero-order valence-corrected chi connectivity index (χ0v) is 9.74. The number of nitrogens with one attached hydrogen (secondary N) is 2. The van der Waals surface area contributed by atoms with Crippen molar-refractivity contribution in [2.45, 2.75) is 44.2 Å². The van der Waals surface area contributed by atoms with Gasteiger partial charge in [-0.15, -0.1) is 0 Å². The van der Waals surface area contributed by atoms with Crippen molar-refractivity contribution < 1.29 is 4.79 Å². The number of piperidine rings is 3. The van der Waals surface area contributed by atoms with E-state index in [1.54, 1.807) is 0 Å². The van der Waals surface area contributed by atoms with Crippen LogP contribution in [0.15, 0.2) is 0 Å². The van der Waals surface area contributed by atoms with Crippen molar-refractivity contribution in [2.24, 2.45) is 5.92 Å². The smallest absolute Gasteiger partial charge is 0.315 e. The molecule has 1 saturated carbocycles. The van der Waals surface area contributed by atoms with Crippen molar-refractivity contribution in [2.75, 3.05) is 19.6 Å². The fourth-order valence-corrected chi connectivity index (χ4v) is 3.08. The van der Waals surface area contributed by atoms with E-state index in [9.17, 15) is 4.79 Å². The van der Waals surface area contributed by atoms with E-state index in [1.165, 1.54) is 32.4 Å². The van der Waals surface area contributed by atoms with Crippen LogP contribution >= 0.6 is 0 Å². The lowest BCUT2D eigenvalue weighted by molar-refractivity contribution is 0.0761. The van der Waals surface area contributed by atoms with Crippen LogP contribution in [0.25, 0.3) is 0 Å². The first kappa shape index (κ1) is 10.4. The molecule has 4 nitrogen and oxygen atoms in total. The van der Waals surface area contributed by atoms with Gasteiger partial charge in [-0.05, 0) is 51.1 Å². The number of fused-ring (bicyclic) bond motifs is 3. The molecule has 0 aromatic carbocycles. The van der Waals surface area contributed by atoms with Crippen LogP contribution in [-0.4, -0.2) is 42.6 Å². The Morgan fingerprint density at radius 1 is 1.06 bits per heavy atom. The molecule has 0 spiro atoms. The van der Waals surface area contributed by atoms with Gasteiger partial charge in [0, 0.05) is 18.6 Å². The molecule has 4 aliphatic rings. The van der Waals surface area contributed by atoms with Crippen molar-refractivity contribution in [1.82, 2.24) is 15.5 Å². The standard InChI is InChI=1S/C12H21N3O/c16-12(13-10-2-1-3-10)14-11-8-15-6-4-9(11)5-7-15/h9-11H,1-8H2,(H2,13,14,16). The molecule has 0 aromatic rings. The summed E-state index contributed by atoms with van der Waals surface area (Å²) in [5.41, 5.74) is 0. The second-order valence-corrected chi connectivity index (χ2v) is 5.49. The van der Waals surface area contributed by atoms with Gasteiger partial charge in [-0.3, -0.25) is 0 Å². The maximum absolute atomic E-state index is 11.8. The number of amides is 2. The number of nitrogens with zero attached hydrogens (tertiary/aromatic N) is 1. The van der Waals surface area contributed by atoms with Crippen LogP contribution < -0.4 is 10.6 Å². The minimum atomic E-state index is 0.0587. The van der Waals surface area contributed by atoms with Crippen LogP contribution in [0, 0.1) is 5.92 Å². The highest BCUT2D eigenvalue weighted by Crippen LogP contribution is 2.27. The van der Waals surface area contributed by atoms with Gasteiger partial charge in [-0.1, -0.05) is 0 Å². The van der Waals surface area contributed by atoms with Gasteiger partial charge in [-0.25, -0.2) is 4.79 Å². The maximum Gasteiger partial charge on any atom is 0.315 e. The van der Waals surface area contributed by atoms with Gasteiger partial charge in [0.15, 0.2) is 0 Å². The van der Waals surface area contributed by atoms with Gasteiger partial charge < -0.3 is 15.5 Å². The van der Waals surface area contributed by atoms with Gasteiger partial charge in [0.25, 0.3) is 0 Å². The normalized spacial score (nSPS) is 37.9. The Labute approximate surface area is 96.8 Å². The zero-order valence-electron chi connectivity index (χ0n) is 9.74. The topological polar surface area (TPSA) is 44.4 Å². The summed E-state index contributed by atoms with van der Waals surface area (Å²) in [5.74, 6) is 0.720. The Morgan fingerprint density at radius 2 is 1.81 bits per heavy atom. The molecule has 0 aromatic heterocycles. The minimum Gasteiger partial charge on any atom is -0.335 e. The summed E-state index contributed by atoms with van der Waals surface area (Å²) in [6.07, 6.45) is 6.11. The first-order valence-corrected chi connectivity index (χ1v) is 6.60. The molecule has 1 atom stereocenters. The third-order valence-electron chi connectivity index (χ3n) is 4.41. The minimum absolute atomic E-state index is 0.0587. The van der Waals surface area contributed by atoms with Crippen molar-refractivity contribution in [3.63, 3.8) is 0 Å². The monoisotopic (exact) mass is 223 g/mol.